The predicted molar refractivity (Wildman–Crippen MR) is 163 cm³/mol. The quantitative estimate of drug-likeness (QED) is 0.222. The summed E-state index contributed by atoms with van der Waals surface area (Å²) in [5.41, 5.74) is 7.66. The van der Waals surface area contributed by atoms with Crippen LogP contribution in [-0.2, 0) is 15.8 Å². The third-order valence-electron chi connectivity index (χ3n) is 8.43. The Morgan fingerprint density at radius 3 is 2.55 bits per heavy atom. The largest absolute Gasteiger partial charge is 0.490 e. The Hall–Kier alpha value is -4.63. The highest BCUT2D eigenvalue weighted by Gasteiger charge is 2.45. The minimum atomic E-state index is -1.56. The van der Waals surface area contributed by atoms with E-state index >= 15 is 0 Å². The van der Waals surface area contributed by atoms with E-state index in [0.717, 1.165) is 24.0 Å². The highest BCUT2D eigenvalue weighted by atomic mass is 19.1. The number of halogens is 1. The molecule has 3 N–H and O–H groups in total. The SMILES string of the molecule is Cc1ccc(-c2cc(C(=O)CC[C@](C)(O)c3cc4c(c(-c5ccc(F)cc5)n3)OC[C@]4(C)C(N)=O)ccc2OC2CC2)nc1. The zero-order valence-electron chi connectivity index (χ0n) is 24.9. The van der Waals surface area contributed by atoms with Crippen LogP contribution < -0.4 is 15.2 Å². The maximum atomic E-state index is 13.7. The molecule has 3 heterocycles. The number of aromatic nitrogens is 2. The molecule has 44 heavy (non-hydrogen) atoms. The molecule has 2 aliphatic rings. The van der Waals surface area contributed by atoms with Gasteiger partial charge in [-0.3, -0.25) is 14.6 Å². The maximum absolute atomic E-state index is 13.7. The number of ketones is 1. The lowest BCUT2D eigenvalue weighted by atomic mass is 9.81. The number of hydrogen-bond donors (Lipinski definition) is 2. The van der Waals surface area contributed by atoms with Crippen LogP contribution in [0.4, 0.5) is 4.39 Å². The molecular formula is C35H34FN3O5. The molecule has 0 spiro atoms. The van der Waals surface area contributed by atoms with Crippen molar-refractivity contribution in [1.29, 1.82) is 0 Å². The Kier molecular flexibility index (Phi) is 7.45. The number of carbonyl (C=O) groups excluding carboxylic acids is 2. The van der Waals surface area contributed by atoms with Gasteiger partial charge in [-0.1, -0.05) is 6.07 Å². The zero-order chi connectivity index (χ0) is 31.2. The van der Waals surface area contributed by atoms with Crippen LogP contribution in [0.1, 0.15) is 66.7 Å². The number of carbonyl (C=O) groups is 2. The molecule has 6 rings (SSSR count). The fourth-order valence-electron chi connectivity index (χ4n) is 5.30. The summed E-state index contributed by atoms with van der Waals surface area (Å²) in [4.78, 5) is 35.3. The monoisotopic (exact) mass is 595 g/mol. The number of aryl methyl sites for hydroxylation is 1. The molecule has 2 aromatic heterocycles. The van der Waals surface area contributed by atoms with Crippen LogP contribution in [0.3, 0.4) is 0 Å². The summed E-state index contributed by atoms with van der Waals surface area (Å²) < 4.78 is 25.7. The van der Waals surface area contributed by atoms with E-state index in [4.69, 9.17) is 20.2 Å². The lowest BCUT2D eigenvalue weighted by Gasteiger charge is -2.26. The normalized spacial score (nSPS) is 18.7. The van der Waals surface area contributed by atoms with Gasteiger partial charge in [0, 0.05) is 34.9 Å². The molecule has 1 aliphatic carbocycles. The Balaban J connectivity index is 1.30. The molecular weight excluding hydrogens is 561 g/mol. The topological polar surface area (TPSA) is 125 Å². The van der Waals surface area contributed by atoms with Gasteiger partial charge in [0.25, 0.3) is 0 Å². The van der Waals surface area contributed by atoms with Crippen LogP contribution in [0.5, 0.6) is 11.5 Å². The number of rotatable bonds is 10. The van der Waals surface area contributed by atoms with E-state index in [9.17, 15) is 19.1 Å². The summed E-state index contributed by atoms with van der Waals surface area (Å²) in [5.74, 6) is -0.117. The number of nitrogens with zero attached hydrogens (tertiary/aromatic N) is 2. The second-order valence-electron chi connectivity index (χ2n) is 12.2. The van der Waals surface area contributed by atoms with Gasteiger partial charge in [-0.05, 0) is 100 Å². The van der Waals surface area contributed by atoms with Crippen LogP contribution in [0.15, 0.2) is 66.9 Å². The van der Waals surface area contributed by atoms with Gasteiger partial charge >= 0.3 is 0 Å². The standard InChI is InChI=1S/C35H34FN3O5/c1-20-4-12-27(38-18-20)25-16-22(7-13-29(25)44-24-10-11-24)28(40)14-15-35(3,42)30-17-26-32(43-19-34(26,2)33(37)41)31(39-30)21-5-8-23(36)9-6-21/h4-9,12-13,16-18,24,42H,10-11,14-15,19H2,1-3H3,(H2,37,41)/t34-,35-/m0/s1. The van der Waals surface area contributed by atoms with Gasteiger partial charge in [0.1, 0.15) is 40.6 Å². The number of amides is 1. The number of pyridine rings is 2. The first-order chi connectivity index (χ1) is 20.9. The number of fused-ring (bicyclic) bond motifs is 1. The van der Waals surface area contributed by atoms with Crippen molar-refractivity contribution in [1.82, 2.24) is 9.97 Å². The van der Waals surface area contributed by atoms with Gasteiger partial charge in [-0.15, -0.1) is 0 Å². The molecule has 4 aromatic rings. The number of primary amides is 1. The summed E-state index contributed by atoms with van der Waals surface area (Å²) in [6.07, 6.45) is 4.02. The lowest BCUT2D eigenvalue weighted by molar-refractivity contribution is -0.123. The number of nitrogens with two attached hydrogens (primary N) is 1. The predicted octanol–water partition coefficient (Wildman–Crippen LogP) is 5.81. The third-order valence-corrected chi connectivity index (χ3v) is 8.43. The van der Waals surface area contributed by atoms with Gasteiger partial charge in [0.2, 0.25) is 5.91 Å². The second kappa shape index (κ2) is 11.1. The molecule has 0 saturated heterocycles. The average Bonchev–Trinajstić information content (AvgIpc) is 3.76. The van der Waals surface area contributed by atoms with Crippen molar-refractivity contribution in [2.75, 3.05) is 6.61 Å². The summed E-state index contributed by atoms with van der Waals surface area (Å²) >= 11 is 0. The van der Waals surface area contributed by atoms with Crippen molar-refractivity contribution in [3.8, 4) is 34.0 Å². The lowest BCUT2D eigenvalue weighted by Crippen LogP contribution is -2.40. The fraction of sp³-hybridized carbons (Fsp3) is 0.314. The Labute approximate surface area is 255 Å². The van der Waals surface area contributed by atoms with Gasteiger partial charge in [-0.25, -0.2) is 9.37 Å². The van der Waals surface area contributed by atoms with Crippen molar-refractivity contribution >= 4 is 11.7 Å². The summed E-state index contributed by atoms with van der Waals surface area (Å²) in [7, 11) is 0. The van der Waals surface area contributed by atoms with Gasteiger partial charge in [0.05, 0.1) is 17.5 Å². The number of aliphatic hydroxyl groups is 1. The molecule has 1 aliphatic heterocycles. The van der Waals surface area contributed by atoms with E-state index in [1.165, 1.54) is 12.1 Å². The maximum Gasteiger partial charge on any atom is 0.231 e. The minimum absolute atomic E-state index is 0.0102. The average molecular weight is 596 g/mol. The molecule has 1 fully saturated rings. The number of benzene rings is 2. The second-order valence-corrected chi connectivity index (χ2v) is 12.2. The first-order valence-electron chi connectivity index (χ1n) is 14.7. The van der Waals surface area contributed by atoms with E-state index < -0.39 is 22.7 Å². The van der Waals surface area contributed by atoms with Crippen LogP contribution in [0, 0.1) is 12.7 Å². The molecule has 1 saturated carbocycles. The summed E-state index contributed by atoms with van der Waals surface area (Å²) in [5, 5.41) is 11.7. The molecule has 2 atom stereocenters. The van der Waals surface area contributed by atoms with Crippen LogP contribution in [0.2, 0.25) is 0 Å². The zero-order valence-corrected chi connectivity index (χ0v) is 24.9. The van der Waals surface area contributed by atoms with Crippen molar-refractivity contribution < 1.29 is 28.6 Å². The third kappa shape index (κ3) is 5.67. The molecule has 1 amide bonds. The Morgan fingerprint density at radius 2 is 1.89 bits per heavy atom. The molecule has 0 bridgehead atoms. The minimum Gasteiger partial charge on any atom is -0.490 e. The summed E-state index contributed by atoms with van der Waals surface area (Å²) in [6, 6.07) is 16.6. The molecule has 0 unspecified atom stereocenters. The van der Waals surface area contributed by atoms with Gasteiger partial charge in [0.15, 0.2) is 5.78 Å². The van der Waals surface area contributed by atoms with Crippen LogP contribution in [0.25, 0.3) is 22.5 Å². The highest BCUT2D eigenvalue weighted by molar-refractivity contribution is 5.97. The van der Waals surface area contributed by atoms with Crippen molar-refractivity contribution in [2.45, 2.75) is 63.6 Å². The van der Waals surface area contributed by atoms with Crippen molar-refractivity contribution in [3.63, 3.8) is 0 Å². The number of Topliss-reactive ketones (excluding diaryl/α,β-unsaturated/α-hetero) is 1. The smallest absolute Gasteiger partial charge is 0.231 e. The van der Waals surface area contributed by atoms with Crippen molar-refractivity contribution in [2.24, 2.45) is 5.73 Å². The van der Waals surface area contributed by atoms with E-state index in [0.29, 0.717) is 39.6 Å². The first-order valence-corrected chi connectivity index (χ1v) is 14.7. The fourth-order valence-corrected chi connectivity index (χ4v) is 5.30. The van der Waals surface area contributed by atoms with E-state index in [2.05, 4.69) is 4.98 Å². The number of hydrogen-bond acceptors (Lipinski definition) is 7. The van der Waals surface area contributed by atoms with E-state index in [1.54, 1.807) is 50.4 Å². The molecule has 9 heteroatoms. The summed E-state index contributed by atoms with van der Waals surface area (Å²) in [6.45, 7) is 5.23. The van der Waals surface area contributed by atoms with Gasteiger partial charge in [-0.2, -0.15) is 0 Å². The molecule has 226 valence electrons. The number of ether oxygens (including phenoxy) is 2. The van der Waals surface area contributed by atoms with Crippen LogP contribution >= 0.6 is 0 Å². The van der Waals surface area contributed by atoms with E-state index in [-0.39, 0.29) is 37.0 Å². The van der Waals surface area contributed by atoms with Crippen molar-refractivity contribution in [3.05, 3.63) is 95.1 Å². The highest BCUT2D eigenvalue weighted by Crippen LogP contribution is 2.46. The molecule has 8 nitrogen and oxygen atoms in total. The molecule has 0 radical (unpaired) electrons. The first kappa shape index (κ1) is 29.4. The van der Waals surface area contributed by atoms with Gasteiger partial charge < -0.3 is 20.3 Å². The van der Waals surface area contributed by atoms with Crippen LogP contribution in [-0.4, -0.2) is 39.5 Å². The Morgan fingerprint density at radius 1 is 1.14 bits per heavy atom. The van der Waals surface area contributed by atoms with E-state index in [1.807, 2.05) is 25.1 Å². The molecule has 2 aromatic carbocycles. The Bertz CT molecular complexity index is 1750.